The summed E-state index contributed by atoms with van der Waals surface area (Å²) in [5.74, 6) is 2.97. The molecule has 0 bridgehead atoms. The molecule has 0 aliphatic heterocycles. The quantitative estimate of drug-likeness (QED) is 0.374. The third-order valence-electron chi connectivity index (χ3n) is 3.29. The van der Waals surface area contributed by atoms with Crippen LogP contribution in [-0.4, -0.2) is 40.3 Å². The molecule has 0 spiro atoms. The van der Waals surface area contributed by atoms with Crippen LogP contribution in [0.5, 0.6) is 23.0 Å². The van der Waals surface area contributed by atoms with E-state index in [0.717, 1.165) is 22.8 Å². The van der Waals surface area contributed by atoms with E-state index in [1.54, 1.807) is 26.5 Å². The van der Waals surface area contributed by atoms with Gasteiger partial charge in [-0.2, -0.15) is 0 Å². The van der Waals surface area contributed by atoms with Gasteiger partial charge in [-0.15, -0.1) is 0 Å². The molecule has 0 radical (unpaired) electrons. The molecule has 25 heavy (non-hydrogen) atoms. The Hall–Kier alpha value is -2.89. The molecule has 0 N–H and O–H groups in total. The van der Waals surface area contributed by atoms with E-state index in [9.17, 15) is 0 Å². The van der Waals surface area contributed by atoms with Gasteiger partial charge < -0.3 is 23.8 Å². The number of methoxy groups -OCH3 is 2. The normalized spacial score (nSPS) is 10.5. The Morgan fingerprint density at radius 3 is 2.16 bits per heavy atom. The van der Waals surface area contributed by atoms with Gasteiger partial charge in [0.15, 0.2) is 6.61 Å². The first-order valence-corrected chi connectivity index (χ1v) is 7.99. The summed E-state index contributed by atoms with van der Waals surface area (Å²) in [6, 6.07) is 12.9. The van der Waals surface area contributed by atoms with Crippen LogP contribution in [-0.2, 0) is 4.84 Å². The van der Waals surface area contributed by atoms with Crippen molar-refractivity contribution in [1.29, 1.82) is 0 Å². The Labute approximate surface area is 147 Å². The van der Waals surface area contributed by atoms with Crippen molar-refractivity contribution in [3.05, 3.63) is 48.0 Å². The Balaban J connectivity index is 1.74. The fourth-order valence-electron chi connectivity index (χ4n) is 2.07. The molecule has 2 rings (SSSR count). The minimum atomic E-state index is 0.335. The van der Waals surface area contributed by atoms with Crippen LogP contribution in [0.4, 0.5) is 0 Å². The molecular weight excluding hydrogens is 322 g/mol. The summed E-state index contributed by atoms with van der Waals surface area (Å²) in [6.07, 6.45) is 1.59. The molecule has 134 valence electrons. The zero-order valence-corrected chi connectivity index (χ0v) is 14.7. The fraction of sp³-hybridized carbons (Fsp3) is 0.316. The van der Waals surface area contributed by atoms with Gasteiger partial charge in [0.2, 0.25) is 0 Å². The van der Waals surface area contributed by atoms with E-state index >= 15 is 0 Å². The number of rotatable bonds is 10. The number of benzene rings is 2. The van der Waals surface area contributed by atoms with Crippen LogP contribution in [0.3, 0.4) is 0 Å². The van der Waals surface area contributed by atoms with Crippen LogP contribution >= 0.6 is 0 Å². The summed E-state index contributed by atoms with van der Waals surface area (Å²) in [5.41, 5.74) is 0.802. The summed E-state index contributed by atoms with van der Waals surface area (Å²) >= 11 is 0. The first kappa shape index (κ1) is 18.4. The van der Waals surface area contributed by atoms with Crippen LogP contribution in [0.2, 0.25) is 0 Å². The Morgan fingerprint density at radius 2 is 1.52 bits per heavy atom. The molecule has 0 unspecified atom stereocenters. The number of hydrogen-bond acceptors (Lipinski definition) is 6. The standard InChI is InChI=1S/C19H23NO5/c1-4-23-16-7-9-17(10-8-16)24-11-12-25-20-14-15-5-6-18(21-2)13-19(15)22-3/h5-10,13-14H,4,11-12H2,1-3H3. The van der Waals surface area contributed by atoms with Gasteiger partial charge in [-0.25, -0.2) is 0 Å². The zero-order chi connectivity index (χ0) is 17.9. The molecule has 0 aliphatic rings. The lowest BCUT2D eigenvalue weighted by Gasteiger charge is -2.08. The second kappa shape index (κ2) is 10.1. The van der Waals surface area contributed by atoms with Gasteiger partial charge in [-0.05, 0) is 43.3 Å². The van der Waals surface area contributed by atoms with Gasteiger partial charge in [-0.1, -0.05) is 5.16 Å². The third-order valence-corrected chi connectivity index (χ3v) is 3.29. The average molecular weight is 345 g/mol. The van der Waals surface area contributed by atoms with E-state index in [1.165, 1.54) is 0 Å². The molecule has 2 aromatic rings. The number of hydrogen-bond donors (Lipinski definition) is 0. The largest absolute Gasteiger partial charge is 0.497 e. The molecule has 0 atom stereocenters. The van der Waals surface area contributed by atoms with Crippen LogP contribution in [0.1, 0.15) is 12.5 Å². The second-order valence-electron chi connectivity index (χ2n) is 4.93. The summed E-state index contributed by atoms with van der Waals surface area (Å²) < 4.78 is 21.4. The predicted molar refractivity (Wildman–Crippen MR) is 96.2 cm³/mol. The summed E-state index contributed by atoms with van der Waals surface area (Å²) in [7, 11) is 3.20. The highest BCUT2D eigenvalue weighted by Crippen LogP contribution is 2.23. The van der Waals surface area contributed by atoms with Gasteiger partial charge in [0.05, 0.1) is 27.0 Å². The van der Waals surface area contributed by atoms with E-state index < -0.39 is 0 Å². The summed E-state index contributed by atoms with van der Waals surface area (Å²) in [4.78, 5) is 5.21. The van der Waals surface area contributed by atoms with Crippen molar-refractivity contribution in [3.8, 4) is 23.0 Å². The molecule has 0 aliphatic carbocycles. The molecule has 0 fully saturated rings. The van der Waals surface area contributed by atoms with Crippen molar-refractivity contribution in [2.45, 2.75) is 6.92 Å². The highest BCUT2D eigenvalue weighted by Gasteiger charge is 2.02. The van der Waals surface area contributed by atoms with Gasteiger partial charge in [0.25, 0.3) is 0 Å². The fourth-order valence-corrected chi connectivity index (χ4v) is 2.07. The molecule has 6 nitrogen and oxygen atoms in total. The van der Waals surface area contributed by atoms with Crippen LogP contribution in [0.25, 0.3) is 0 Å². The van der Waals surface area contributed by atoms with E-state index in [1.807, 2.05) is 43.3 Å². The maximum Gasteiger partial charge on any atom is 0.151 e. The molecule has 2 aromatic carbocycles. The molecule has 0 amide bonds. The smallest absolute Gasteiger partial charge is 0.151 e. The molecular formula is C19H23NO5. The van der Waals surface area contributed by atoms with Crippen molar-refractivity contribution in [1.82, 2.24) is 0 Å². The number of nitrogens with zero attached hydrogens (tertiary/aromatic N) is 1. The third kappa shape index (κ3) is 5.91. The van der Waals surface area contributed by atoms with Crippen LogP contribution < -0.4 is 18.9 Å². The van der Waals surface area contributed by atoms with Crippen LogP contribution in [0.15, 0.2) is 47.6 Å². The highest BCUT2D eigenvalue weighted by atomic mass is 16.6. The molecule has 0 saturated carbocycles. The van der Waals surface area contributed by atoms with Gasteiger partial charge >= 0.3 is 0 Å². The van der Waals surface area contributed by atoms with E-state index in [-0.39, 0.29) is 0 Å². The number of ether oxygens (including phenoxy) is 4. The van der Waals surface area contributed by atoms with Crippen molar-refractivity contribution >= 4 is 6.21 Å². The first-order chi connectivity index (χ1) is 12.3. The summed E-state index contributed by atoms with van der Waals surface area (Å²) in [6.45, 7) is 3.32. The van der Waals surface area contributed by atoms with E-state index in [2.05, 4.69) is 5.16 Å². The van der Waals surface area contributed by atoms with E-state index in [4.69, 9.17) is 23.8 Å². The number of oxime groups is 1. The zero-order valence-electron chi connectivity index (χ0n) is 14.7. The molecule has 6 heteroatoms. The molecule has 0 saturated heterocycles. The van der Waals surface area contributed by atoms with Crippen molar-refractivity contribution in [2.75, 3.05) is 34.0 Å². The Kier molecular flexibility index (Phi) is 7.43. The van der Waals surface area contributed by atoms with Crippen molar-refractivity contribution in [2.24, 2.45) is 5.16 Å². The van der Waals surface area contributed by atoms with Gasteiger partial charge in [-0.3, -0.25) is 0 Å². The lowest BCUT2D eigenvalue weighted by atomic mass is 10.2. The van der Waals surface area contributed by atoms with Crippen molar-refractivity contribution in [3.63, 3.8) is 0 Å². The summed E-state index contributed by atoms with van der Waals surface area (Å²) in [5, 5.41) is 3.93. The Bertz CT molecular complexity index is 670. The second-order valence-corrected chi connectivity index (χ2v) is 4.93. The highest BCUT2D eigenvalue weighted by molar-refractivity contribution is 5.83. The lowest BCUT2D eigenvalue weighted by Crippen LogP contribution is -2.04. The van der Waals surface area contributed by atoms with Gasteiger partial charge in [0, 0.05) is 11.6 Å². The first-order valence-electron chi connectivity index (χ1n) is 7.99. The van der Waals surface area contributed by atoms with Crippen molar-refractivity contribution < 1.29 is 23.8 Å². The topological polar surface area (TPSA) is 58.5 Å². The molecule has 0 aromatic heterocycles. The minimum absolute atomic E-state index is 0.335. The van der Waals surface area contributed by atoms with E-state index in [0.29, 0.717) is 25.6 Å². The van der Waals surface area contributed by atoms with Gasteiger partial charge in [0.1, 0.15) is 29.6 Å². The predicted octanol–water partition coefficient (Wildman–Crippen LogP) is 3.53. The van der Waals surface area contributed by atoms with Crippen LogP contribution in [0, 0.1) is 0 Å². The Morgan fingerprint density at radius 1 is 0.840 bits per heavy atom. The lowest BCUT2D eigenvalue weighted by molar-refractivity contribution is 0.108. The maximum atomic E-state index is 5.57. The monoisotopic (exact) mass is 345 g/mol. The SMILES string of the molecule is CCOc1ccc(OCCON=Cc2ccc(OC)cc2OC)cc1. The maximum absolute atomic E-state index is 5.57. The average Bonchev–Trinajstić information content (AvgIpc) is 2.66. The minimum Gasteiger partial charge on any atom is -0.497 e. The molecule has 0 heterocycles.